The first kappa shape index (κ1) is 13.5. The lowest BCUT2D eigenvalue weighted by Crippen LogP contribution is -2.44. The number of rotatable bonds is 3. The highest BCUT2D eigenvalue weighted by atomic mass is 16.6. The average molecular weight is 283 g/mol. The van der Waals surface area contributed by atoms with Crippen molar-refractivity contribution in [3.63, 3.8) is 0 Å². The van der Waals surface area contributed by atoms with Gasteiger partial charge < -0.3 is 14.8 Å². The van der Waals surface area contributed by atoms with Crippen LogP contribution in [0.2, 0.25) is 0 Å². The van der Waals surface area contributed by atoms with E-state index in [-0.39, 0.29) is 18.6 Å². The van der Waals surface area contributed by atoms with Crippen LogP contribution in [-0.2, 0) is 4.79 Å². The maximum absolute atomic E-state index is 12.3. The molecule has 0 bridgehead atoms. The lowest BCUT2D eigenvalue weighted by Gasteiger charge is -2.26. The average Bonchev–Trinajstić information content (AvgIpc) is 2.55. The molecule has 4 heteroatoms. The van der Waals surface area contributed by atoms with Crippen molar-refractivity contribution in [1.82, 2.24) is 5.32 Å². The molecule has 0 spiro atoms. The van der Waals surface area contributed by atoms with Gasteiger partial charge in [0.1, 0.15) is 6.61 Å². The summed E-state index contributed by atoms with van der Waals surface area (Å²) < 4.78 is 11.3. The Morgan fingerprint density at radius 3 is 2.52 bits per heavy atom. The molecule has 0 saturated carbocycles. The third-order valence-corrected chi connectivity index (χ3v) is 3.46. The number of carbonyl (C=O) groups is 1. The first-order valence-electron chi connectivity index (χ1n) is 6.98. The summed E-state index contributed by atoms with van der Waals surface area (Å²) in [5.41, 5.74) is 1.06. The van der Waals surface area contributed by atoms with E-state index in [2.05, 4.69) is 5.32 Å². The molecule has 1 N–H and O–H groups in total. The summed E-state index contributed by atoms with van der Waals surface area (Å²) in [5, 5.41) is 2.95. The van der Waals surface area contributed by atoms with Crippen LogP contribution in [0.25, 0.3) is 0 Å². The summed E-state index contributed by atoms with van der Waals surface area (Å²) in [6.07, 6.45) is -0.619. The van der Waals surface area contributed by atoms with Gasteiger partial charge in [0.15, 0.2) is 11.5 Å². The smallest absolute Gasteiger partial charge is 0.265 e. The highest BCUT2D eigenvalue weighted by molar-refractivity contribution is 5.82. The quantitative estimate of drug-likeness (QED) is 0.942. The van der Waals surface area contributed by atoms with Gasteiger partial charge in [-0.25, -0.2) is 0 Å². The Hall–Kier alpha value is -2.49. The van der Waals surface area contributed by atoms with Gasteiger partial charge in [0.05, 0.1) is 6.04 Å². The van der Waals surface area contributed by atoms with E-state index in [0.29, 0.717) is 11.5 Å². The fraction of sp³-hybridized carbons (Fsp3) is 0.235. The molecular weight excluding hydrogens is 266 g/mol. The van der Waals surface area contributed by atoms with Gasteiger partial charge >= 0.3 is 0 Å². The number of hydrogen-bond donors (Lipinski definition) is 1. The van der Waals surface area contributed by atoms with Crippen LogP contribution in [0.1, 0.15) is 18.5 Å². The first-order chi connectivity index (χ1) is 10.2. The number of benzene rings is 2. The van der Waals surface area contributed by atoms with Crippen LogP contribution in [0, 0.1) is 0 Å². The fourth-order valence-corrected chi connectivity index (χ4v) is 2.28. The van der Waals surface area contributed by atoms with E-state index in [1.807, 2.05) is 55.5 Å². The van der Waals surface area contributed by atoms with Crippen molar-refractivity contribution in [2.45, 2.75) is 19.1 Å². The van der Waals surface area contributed by atoms with Crippen molar-refractivity contribution in [3.8, 4) is 11.5 Å². The molecule has 0 aliphatic carbocycles. The number of hydrogen-bond acceptors (Lipinski definition) is 3. The van der Waals surface area contributed by atoms with E-state index in [9.17, 15) is 4.79 Å². The van der Waals surface area contributed by atoms with Crippen LogP contribution in [0.15, 0.2) is 54.6 Å². The second-order valence-corrected chi connectivity index (χ2v) is 5.01. The SMILES string of the molecule is C[C@@H](NC(=O)[C@H]1COc2ccccc2O1)c1ccccc1. The molecule has 0 saturated heterocycles. The summed E-state index contributed by atoms with van der Waals surface area (Å²) >= 11 is 0. The number of fused-ring (bicyclic) bond motifs is 1. The molecule has 3 rings (SSSR count). The van der Waals surface area contributed by atoms with Crippen LogP contribution < -0.4 is 14.8 Å². The van der Waals surface area contributed by atoms with Gasteiger partial charge in [0.2, 0.25) is 6.10 Å². The lowest BCUT2D eigenvalue weighted by atomic mass is 10.1. The van der Waals surface area contributed by atoms with E-state index in [1.165, 1.54) is 0 Å². The molecule has 2 atom stereocenters. The molecule has 1 aliphatic rings. The van der Waals surface area contributed by atoms with E-state index >= 15 is 0 Å². The Bertz CT molecular complexity index is 627. The fourth-order valence-electron chi connectivity index (χ4n) is 2.28. The number of amides is 1. The zero-order chi connectivity index (χ0) is 14.7. The molecule has 2 aromatic carbocycles. The lowest BCUT2D eigenvalue weighted by molar-refractivity contribution is -0.131. The zero-order valence-electron chi connectivity index (χ0n) is 11.8. The van der Waals surface area contributed by atoms with Crippen molar-refractivity contribution in [3.05, 3.63) is 60.2 Å². The van der Waals surface area contributed by atoms with Gasteiger partial charge in [-0.3, -0.25) is 4.79 Å². The molecule has 4 nitrogen and oxygen atoms in total. The zero-order valence-corrected chi connectivity index (χ0v) is 11.8. The van der Waals surface area contributed by atoms with Crippen molar-refractivity contribution in [2.24, 2.45) is 0 Å². The molecule has 0 unspecified atom stereocenters. The van der Waals surface area contributed by atoms with Gasteiger partial charge in [-0.05, 0) is 24.6 Å². The van der Waals surface area contributed by atoms with E-state index in [1.54, 1.807) is 6.07 Å². The highest BCUT2D eigenvalue weighted by Gasteiger charge is 2.28. The van der Waals surface area contributed by atoms with Crippen molar-refractivity contribution in [1.29, 1.82) is 0 Å². The molecule has 2 aromatic rings. The second kappa shape index (κ2) is 5.87. The molecule has 108 valence electrons. The molecule has 1 amide bonds. The number of para-hydroxylation sites is 2. The normalized spacial score (nSPS) is 17.9. The van der Waals surface area contributed by atoms with E-state index in [0.717, 1.165) is 5.56 Å². The number of ether oxygens (including phenoxy) is 2. The van der Waals surface area contributed by atoms with Gasteiger partial charge in [0, 0.05) is 0 Å². The summed E-state index contributed by atoms with van der Waals surface area (Å²) in [6.45, 7) is 2.18. The predicted octanol–water partition coefficient (Wildman–Crippen LogP) is 2.70. The Balaban J connectivity index is 1.65. The van der Waals surface area contributed by atoms with Gasteiger partial charge in [-0.2, -0.15) is 0 Å². The molecule has 0 fully saturated rings. The first-order valence-corrected chi connectivity index (χ1v) is 6.98. The highest BCUT2D eigenvalue weighted by Crippen LogP contribution is 2.31. The van der Waals surface area contributed by atoms with Crippen LogP contribution in [0.4, 0.5) is 0 Å². The maximum atomic E-state index is 12.3. The standard InChI is InChI=1S/C17H17NO3/c1-12(13-7-3-2-4-8-13)18-17(19)16-11-20-14-9-5-6-10-15(14)21-16/h2-10,12,16H,11H2,1H3,(H,18,19)/t12-,16-/m1/s1. The van der Waals surface area contributed by atoms with Crippen LogP contribution >= 0.6 is 0 Å². The summed E-state index contributed by atoms with van der Waals surface area (Å²) in [7, 11) is 0. The predicted molar refractivity (Wildman–Crippen MR) is 79.4 cm³/mol. The third kappa shape index (κ3) is 2.99. The molecule has 1 heterocycles. The van der Waals surface area contributed by atoms with Crippen molar-refractivity contribution in [2.75, 3.05) is 6.61 Å². The molecule has 21 heavy (non-hydrogen) atoms. The maximum Gasteiger partial charge on any atom is 0.265 e. The summed E-state index contributed by atoms with van der Waals surface area (Å²) in [5.74, 6) is 1.12. The minimum Gasteiger partial charge on any atom is -0.485 e. The largest absolute Gasteiger partial charge is 0.485 e. The third-order valence-electron chi connectivity index (χ3n) is 3.46. The van der Waals surface area contributed by atoms with Gasteiger partial charge in [-0.15, -0.1) is 0 Å². The molecular formula is C17H17NO3. The minimum absolute atomic E-state index is 0.0699. The van der Waals surface area contributed by atoms with E-state index < -0.39 is 6.10 Å². The Morgan fingerprint density at radius 2 is 1.76 bits per heavy atom. The topological polar surface area (TPSA) is 47.6 Å². The Labute approximate surface area is 123 Å². The second-order valence-electron chi connectivity index (χ2n) is 5.01. The minimum atomic E-state index is -0.619. The van der Waals surface area contributed by atoms with Crippen molar-refractivity contribution < 1.29 is 14.3 Å². The monoisotopic (exact) mass is 283 g/mol. The number of carbonyl (C=O) groups excluding carboxylic acids is 1. The van der Waals surface area contributed by atoms with Crippen LogP contribution in [0.3, 0.4) is 0 Å². The van der Waals surface area contributed by atoms with Crippen molar-refractivity contribution >= 4 is 5.91 Å². The molecule has 1 aliphatic heterocycles. The Kier molecular flexibility index (Phi) is 3.77. The Morgan fingerprint density at radius 1 is 1.10 bits per heavy atom. The molecule has 0 radical (unpaired) electrons. The van der Waals surface area contributed by atoms with Crippen LogP contribution in [-0.4, -0.2) is 18.6 Å². The van der Waals surface area contributed by atoms with Gasteiger partial charge in [0.25, 0.3) is 5.91 Å². The number of nitrogens with one attached hydrogen (secondary N) is 1. The van der Waals surface area contributed by atoms with Crippen LogP contribution in [0.5, 0.6) is 11.5 Å². The van der Waals surface area contributed by atoms with Gasteiger partial charge in [-0.1, -0.05) is 42.5 Å². The van der Waals surface area contributed by atoms with E-state index in [4.69, 9.17) is 9.47 Å². The summed E-state index contributed by atoms with van der Waals surface area (Å²) in [4.78, 5) is 12.3. The summed E-state index contributed by atoms with van der Waals surface area (Å²) in [6, 6.07) is 17.1. The molecule has 0 aromatic heterocycles.